The van der Waals surface area contributed by atoms with E-state index >= 15 is 0 Å². The average Bonchev–Trinajstić information content (AvgIpc) is 3.52. The van der Waals surface area contributed by atoms with Gasteiger partial charge in [-0.25, -0.2) is 9.67 Å². The predicted molar refractivity (Wildman–Crippen MR) is 113 cm³/mol. The second kappa shape index (κ2) is 7.59. The van der Waals surface area contributed by atoms with Crippen molar-refractivity contribution in [3.63, 3.8) is 0 Å². The Morgan fingerprint density at radius 3 is 2.41 bits per heavy atom. The first-order valence-corrected chi connectivity index (χ1v) is 10.7. The number of hydrogen-bond donors (Lipinski definition) is 0. The molecule has 2 fully saturated rings. The lowest BCUT2D eigenvalue weighted by Gasteiger charge is -2.35. The molecule has 3 heterocycles. The summed E-state index contributed by atoms with van der Waals surface area (Å²) in [6.45, 7) is 2.82. The number of piperazine rings is 1. The van der Waals surface area contributed by atoms with Crippen molar-refractivity contribution in [3.8, 4) is 5.69 Å². The van der Waals surface area contributed by atoms with Gasteiger partial charge in [-0.3, -0.25) is 4.79 Å². The van der Waals surface area contributed by atoms with Gasteiger partial charge in [-0.1, -0.05) is 23.4 Å². The third-order valence-electron chi connectivity index (χ3n) is 5.48. The molecule has 8 heteroatoms. The summed E-state index contributed by atoms with van der Waals surface area (Å²) >= 11 is 3.42. The molecular weight excluding hydrogens is 432 g/mol. The summed E-state index contributed by atoms with van der Waals surface area (Å²) < 4.78 is 2.80. The normalized spacial score (nSPS) is 16.9. The Balaban J connectivity index is 1.34. The zero-order valence-electron chi connectivity index (χ0n) is 15.9. The van der Waals surface area contributed by atoms with Crippen LogP contribution in [-0.2, 0) is 0 Å². The molecule has 0 spiro atoms. The van der Waals surface area contributed by atoms with Crippen molar-refractivity contribution < 1.29 is 4.79 Å². The first kappa shape index (κ1) is 18.3. The van der Waals surface area contributed by atoms with Gasteiger partial charge in [0.05, 0.1) is 11.4 Å². The van der Waals surface area contributed by atoms with Crippen molar-refractivity contribution in [1.29, 1.82) is 0 Å². The molecule has 0 unspecified atom stereocenters. The second-order valence-electron chi connectivity index (χ2n) is 7.46. The number of para-hydroxylation sites is 1. The molecule has 29 heavy (non-hydrogen) atoms. The summed E-state index contributed by atoms with van der Waals surface area (Å²) in [6, 6.07) is 13.9. The minimum absolute atomic E-state index is 0.0162. The maximum Gasteiger partial charge on any atom is 0.276 e. The molecule has 1 aromatic carbocycles. The number of aromatic nitrogens is 4. The molecule has 1 amide bonds. The summed E-state index contributed by atoms with van der Waals surface area (Å²) in [7, 11) is 0. The van der Waals surface area contributed by atoms with E-state index in [4.69, 9.17) is 0 Å². The maximum atomic E-state index is 13.3. The Hall–Kier alpha value is -2.74. The number of pyridine rings is 1. The van der Waals surface area contributed by atoms with Crippen LogP contribution in [0, 0.1) is 0 Å². The molecule has 7 nitrogen and oxygen atoms in total. The van der Waals surface area contributed by atoms with Crippen LogP contribution in [0.2, 0.25) is 0 Å². The van der Waals surface area contributed by atoms with Crippen molar-refractivity contribution >= 4 is 27.7 Å². The summed E-state index contributed by atoms with van der Waals surface area (Å²) in [6.07, 6.45) is 3.98. The van der Waals surface area contributed by atoms with Crippen molar-refractivity contribution in [2.75, 3.05) is 31.1 Å². The number of hydrogen-bond acceptors (Lipinski definition) is 5. The highest BCUT2D eigenvalue weighted by atomic mass is 79.9. The molecule has 0 bridgehead atoms. The molecule has 2 aromatic heterocycles. The van der Waals surface area contributed by atoms with Crippen molar-refractivity contribution in [2.24, 2.45) is 0 Å². The van der Waals surface area contributed by atoms with E-state index in [1.807, 2.05) is 52.0 Å². The Kier molecular flexibility index (Phi) is 4.79. The fourth-order valence-corrected chi connectivity index (χ4v) is 4.00. The highest BCUT2D eigenvalue weighted by Gasteiger charge is 2.36. The molecule has 0 radical (unpaired) electrons. The molecular formula is C21H21BrN6O. The number of halogens is 1. The van der Waals surface area contributed by atoms with E-state index in [9.17, 15) is 4.79 Å². The third kappa shape index (κ3) is 3.64. The Bertz CT molecular complexity index is 1010. The van der Waals surface area contributed by atoms with Gasteiger partial charge in [-0.2, -0.15) is 0 Å². The smallest absolute Gasteiger partial charge is 0.276 e. The first-order valence-electron chi connectivity index (χ1n) is 9.87. The van der Waals surface area contributed by atoms with Gasteiger partial charge in [-0.15, -0.1) is 5.10 Å². The highest BCUT2D eigenvalue weighted by molar-refractivity contribution is 9.10. The summed E-state index contributed by atoms with van der Waals surface area (Å²) in [5.74, 6) is 1.30. The van der Waals surface area contributed by atoms with Gasteiger partial charge in [0.1, 0.15) is 5.82 Å². The summed E-state index contributed by atoms with van der Waals surface area (Å²) in [4.78, 5) is 21.8. The van der Waals surface area contributed by atoms with Gasteiger partial charge < -0.3 is 9.80 Å². The number of rotatable bonds is 4. The van der Waals surface area contributed by atoms with E-state index in [0.717, 1.165) is 47.6 Å². The number of anilines is 1. The van der Waals surface area contributed by atoms with Crippen LogP contribution in [0.3, 0.4) is 0 Å². The zero-order chi connectivity index (χ0) is 19.8. The monoisotopic (exact) mass is 452 g/mol. The van der Waals surface area contributed by atoms with Crippen LogP contribution in [0.25, 0.3) is 5.69 Å². The molecule has 1 saturated heterocycles. The Morgan fingerprint density at radius 1 is 1.00 bits per heavy atom. The fraction of sp³-hybridized carbons (Fsp3) is 0.333. The molecule has 0 atom stereocenters. The van der Waals surface area contributed by atoms with Crippen LogP contribution in [-0.4, -0.2) is 57.0 Å². The molecule has 2 aliphatic rings. The quantitative estimate of drug-likeness (QED) is 0.607. The van der Waals surface area contributed by atoms with Crippen LogP contribution < -0.4 is 4.90 Å². The van der Waals surface area contributed by atoms with Gasteiger partial charge in [0.25, 0.3) is 5.91 Å². The molecule has 0 N–H and O–H groups in total. The van der Waals surface area contributed by atoms with Crippen LogP contribution in [0.15, 0.2) is 53.1 Å². The second-order valence-corrected chi connectivity index (χ2v) is 8.37. The van der Waals surface area contributed by atoms with E-state index in [2.05, 4.69) is 36.1 Å². The lowest BCUT2D eigenvalue weighted by Crippen LogP contribution is -2.49. The number of amides is 1. The first-order chi connectivity index (χ1) is 14.2. The van der Waals surface area contributed by atoms with E-state index in [-0.39, 0.29) is 5.91 Å². The van der Waals surface area contributed by atoms with Gasteiger partial charge >= 0.3 is 0 Å². The van der Waals surface area contributed by atoms with Gasteiger partial charge in [0.2, 0.25) is 0 Å². The van der Waals surface area contributed by atoms with Gasteiger partial charge in [0.15, 0.2) is 5.69 Å². The van der Waals surface area contributed by atoms with Crippen LogP contribution in [0.1, 0.15) is 34.9 Å². The molecule has 1 aliphatic carbocycles. The third-order valence-corrected chi connectivity index (χ3v) is 5.94. The lowest BCUT2D eigenvalue weighted by atomic mass is 10.1. The van der Waals surface area contributed by atoms with Crippen LogP contribution in [0.5, 0.6) is 0 Å². The van der Waals surface area contributed by atoms with Crippen LogP contribution in [0.4, 0.5) is 5.82 Å². The molecule has 1 saturated carbocycles. The molecule has 1 aliphatic heterocycles. The SMILES string of the molecule is O=C(c1nnn(-c2ccccc2)c1C1CC1)N1CCN(c2ccc(Br)cn2)CC1. The van der Waals surface area contributed by atoms with E-state index < -0.39 is 0 Å². The minimum Gasteiger partial charge on any atom is -0.353 e. The maximum absolute atomic E-state index is 13.3. The fourth-order valence-electron chi connectivity index (χ4n) is 3.77. The number of carbonyl (C=O) groups is 1. The van der Waals surface area contributed by atoms with E-state index in [1.165, 1.54) is 0 Å². The van der Waals surface area contributed by atoms with Crippen molar-refractivity contribution in [3.05, 3.63) is 64.5 Å². The lowest BCUT2D eigenvalue weighted by molar-refractivity contribution is 0.0739. The standard InChI is InChI=1S/C21H21BrN6O/c22-16-8-9-18(23-14-16)26-10-12-27(13-11-26)21(29)19-20(15-6-7-15)28(25-24-19)17-4-2-1-3-5-17/h1-5,8-9,14-15H,6-7,10-13H2. The molecule has 3 aromatic rings. The van der Waals surface area contributed by atoms with Crippen molar-refractivity contribution in [1.82, 2.24) is 24.9 Å². The van der Waals surface area contributed by atoms with Crippen LogP contribution >= 0.6 is 15.9 Å². The molecule has 5 rings (SSSR count). The molecule has 148 valence electrons. The van der Waals surface area contributed by atoms with Gasteiger partial charge in [-0.05, 0) is 53.0 Å². The number of carbonyl (C=O) groups excluding carboxylic acids is 1. The van der Waals surface area contributed by atoms with Crippen molar-refractivity contribution in [2.45, 2.75) is 18.8 Å². The number of nitrogens with zero attached hydrogens (tertiary/aromatic N) is 6. The Labute approximate surface area is 177 Å². The summed E-state index contributed by atoms with van der Waals surface area (Å²) in [5, 5.41) is 8.64. The van der Waals surface area contributed by atoms with E-state index in [0.29, 0.717) is 24.7 Å². The number of benzene rings is 1. The van der Waals surface area contributed by atoms with E-state index in [1.54, 1.807) is 6.20 Å². The minimum atomic E-state index is -0.0162. The van der Waals surface area contributed by atoms with Gasteiger partial charge in [0, 0.05) is 42.8 Å². The zero-order valence-corrected chi connectivity index (χ0v) is 17.5. The predicted octanol–water partition coefficient (Wildman–Crippen LogP) is 3.26. The topological polar surface area (TPSA) is 67.2 Å². The highest BCUT2D eigenvalue weighted by Crippen LogP contribution is 2.42. The Morgan fingerprint density at radius 2 is 1.76 bits per heavy atom. The summed E-state index contributed by atoms with van der Waals surface area (Å²) in [5.41, 5.74) is 2.41. The average molecular weight is 453 g/mol. The largest absolute Gasteiger partial charge is 0.353 e.